The van der Waals surface area contributed by atoms with Gasteiger partial charge in [0.05, 0.1) is 4.88 Å². The lowest BCUT2D eigenvalue weighted by Crippen LogP contribution is -2.69. The molecule has 1 aromatic heterocycles. The summed E-state index contributed by atoms with van der Waals surface area (Å²) in [6, 6.07) is 9.06. The third kappa shape index (κ3) is 2.96. The van der Waals surface area contributed by atoms with Gasteiger partial charge in [-0.25, -0.2) is 0 Å². The Balaban J connectivity index is 0.00000168. The van der Waals surface area contributed by atoms with E-state index in [-0.39, 0.29) is 29.9 Å². The predicted molar refractivity (Wildman–Crippen MR) is 111 cm³/mol. The first-order valence-corrected chi connectivity index (χ1v) is 10.4. The molecule has 2 bridgehead atoms. The van der Waals surface area contributed by atoms with Gasteiger partial charge in [-0.3, -0.25) is 9.69 Å². The second-order valence-electron chi connectivity index (χ2n) is 8.61. The van der Waals surface area contributed by atoms with Crippen molar-refractivity contribution in [2.24, 2.45) is 5.92 Å². The minimum Gasteiger partial charge on any atom is -0.346 e. The molecule has 0 spiro atoms. The van der Waals surface area contributed by atoms with Crippen molar-refractivity contribution in [1.82, 2.24) is 10.2 Å². The van der Waals surface area contributed by atoms with E-state index in [9.17, 15) is 4.79 Å². The fraction of sp³-hybridized carbons (Fsp3) is 0.571. The van der Waals surface area contributed by atoms with Crippen molar-refractivity contribution in [2.45, 2.75) is 57.0 Å². The summed E-state index contributed by atoms with van der Waals surface area (Å²) in [7, 11) is 0. The van der Waals surface area contributed by atoms with Crippen LogP contribution in [0.5, 0.6) is 0 Å². The van der Waals surface area contributed by atoms with Gasteiger partial charge >= 0.3 is 0 Å². The quantitative estimate of drug-likeness (QED) is 0.816. The summed E-state index contributed by atoms with van der Waals surface area (Å²) in [6.45, 7) is 6.93. The van der Waals surface area contributed by atoms with Gasteiger partial charge < -0.3 is 5.32 Å². The average molecular weight is 391 g/mol. The van der Waals surface area contributed by atoms with Gasteiger partial charge in [0.15, 0.2) is 0 Å². The Morgan fingerprint density at radius 3 is 2.54 bits per heavy atom. The largest absolute Gasteiger partial charge is 0.346 e. The third-order valence-corrected chi connectivity index (χ3v) is 7.79. The van der Waals surface area contributed by atoms with Crippen LogP contribution < -0.4 is 5.32 Å². The molecule has 4 aliphatic rings. The fourth-order valence-corrected chi connectivity index (χ4v) is 5.93. The van der Waals surface area contributed by atoms with E-state index in [1.807, 2.05) is 0 Å². The molecule has 1 N–H and O–H groups in total. The van der Waals surface area contributed by atoms with Crippen molar-refractivity contribution in [1.29, 1.82) is 0 Å². The van der Waals surface area contributed by atoms with Gasteiger partial charge in [-0.1, -0.05) is 12.1 Å². The highest BCUT2D eigenvalue weighted by Gasteiger charge is 2.48. The Morgan fingerprint density at radius 1 is 1.15 bits per heavy atom. The summed E-state index contributed by atoms with van der Waals surface area (Å²) < 4.78 is 1.25. The smallest absolute Gasteiger partial charge is 0.261 e. The van der Waals surface area contributed by atoms with E-state index in [0.29, 0.717) is 5.92 Å². The van der Waals surface area contributed by atoms with Crippen molar-refractivity contribution in [3.05, 3.63) is 34.7 Å². The number of hydrogen-bond acceptors (Lipinski definition) is 3. The molecule has 1 aromatic carbocycles. The van der Waals surface area contributed by atoms with E-state index in [2.05, 4.69) is 48.3 Å². The fourth-order valence-electron chi connectivity index (χ4n) is 4.92. The number of nitrogens with zero attached hydrogens (tertiary/aromatic N) is 1. The Morgan fingerprint density at radius 2 is 1.88 bits per heavy atom. The van der Waals surface area contributed by atoms with Gasteiger partial charge in [0.25, 0.3) is 5.91 Å². The molecule has 5 heteroatoms. The van der Waals surface area contributed by atoms with Gasteiger partial charge in [0, 0.05) is 16.3 Å². The van der Waals surface area contributed by atoms with Crippen LogP contribution in [0.3, 0.4) is 0 Å². The van der Waals surface area contributed by atoms with Gasteiger partial charge in [-0.2, -0.15) is 0 Å². The molecule has 6 rings (SSSR count). The maximum Gasteiger partial charge on any atom is 0.261 e. The Bertz CT molecular complexity index is 834. The standard InChI is InChI=1S/C21H26N2OS.ClH/c1-21(2)19(14-7-9-23(21)10-8-14)22-20(24)18-12-16-6-5-15(13-3-4-13)11-17(16)25-18;/h5-6,11-14,19H,3-4,7-10H2,1-2H3,(H,22,24);1H/t19-;/m0./s1. The molecular formula is C21H27ClN2OS. The van der Waals surface area contributed by atoms with Crippen molar-refractivity contribution < 1.29 is 4.79 Å². The Labute approximate surface area is 165 Å². The van der Waals surface area contributed by atoms with E-state index >= 15 is 0 Å². The summed E-state index contributed by atoms with van der Waals surface area (Å²) in [4.78, 5) is 16.4. The van der Waals surface area contributed by atoms with Crippen molar-refractivity contribution in [2.75, 3.05) is 13.1 Å². The Hall–Kier alpha value is -1.10. The summed E-state index contributed by atoms with van der Waals surface area (Å²) >= 11 is 1.65. The molecule has 3 aliphatic heterocycles. The second kappa shape index (κ2) is 6.50. The first-order chi connectivity index (χ1) is 12.0. The summed E-state index contributed by atoms with van der Waals surface area (Å²) in [5, 5.41) is 4.60. The lowest BCUT2D eigenvalue weighted by Gasteiger charge is -2.56. The van der Waals surface area contributed by atoms with Crippen molar-refractivity contribution in [3.63, 3.8) is 0 Å². The Kier molecular flexibility index (Phi) is 4.57. The molecular weight excluding hydrogens is 364 g/mol. The zero-order valence-corrected chi connectivity index (χ0v) is 17.1. The predicted octanol–water partition coefficient (Wildman–Crippen LogP) is 4.80. The SMILES string of the molecule is CC1(C)[C@@H](NC(=O)c2cc3ccc(C4CC4)cc3s2)C2CCN1CC2.Cl. The normalized spacial score (nSPS) is 29.4. The van der Waals surface area contributed by atoms with Crippen LogP contribution in [-0.4, -0.2) is 35.5 Å². The number of benzene rings is 1. The number of hydrogen-bond donors (Lipinski definition) is 1. The summed E-state index contributed by atoms with van der Waals surface area (Å²) in [5.41, 5.74) is 1.51. The number of carbonyl (C=O) groups is 1. The van der Waals surface area contributed by atoms with Gasteiger partial charge in [-0.15, -0.1) is 23.7 Å². The van der Waals surface area contributed by atoms with E-state index in [1.165, 1.54) is 54.4 Å². The number of piperidine rings is 3. The molecule has 1 amide bonds. The van der Waals surface area contributed by atoms with Crippen LogP contribution in [0.1, 0.15) is 60.7 Å². The molecule has 2 aromatic rings. The first kappa shape index (κ1) is 18.3. The number of rotatable bonds is 3. The minimum absolute atomic E-state index is 0. The van der Waals surface area contributed by atoms with Crippen LogP contribution in [0.4, 0.5) is 0 Å². The van der Waals surface area contributed by atoms with Crippen LogP contribution in [0.2, 0.25) is 0 Å². The second-order valence-corrected chi connectivity index (χ2v) is 9.70. The zero-order chi connectivity index (χ0) is 17.2. The van der Waals surface area contributed by atoms with E-state index in [0.717, 1.165) is 10.8 Å². The highest BCUT2D eigenvalue weighted by Crippen LogP contribution is 2.42. The molecule has 1 saturated carbocycles. The van der Waals surface area contributed by atoms with E-state index in [4.69, 9.17) is 0 Å². The van der Waals surface area contributed by atoms with E-state index < -0.39 is 0 Å². The van der Waals surface area contributed by atoms with Crippen LogP contribution in [0, 0.1) is 5.92 Å². The maximum atomic E-state index is 13.0. The van der Waals surface area contributed by atoms with Gasteiger partial charge in [0.2, 0.25) is 0 Å². The van der Waals surface area contributed by atoms with Crippen LogP contribution in [-0.2, 0) is 0 Å². The van der Waals surface area contributed by atoms with Gasteiger partial charge in [0.1, 0.15) is 0 Å². The van der Waals surface area contributed by atoms with E-state index in [1.54, 1.807) is 11.3 Å². The molecule has 1 atom stereocenters. The number of thiophene rings is 1. The zero-order valence-electron chi connectivity index (χ0n) is 15.5. The first-order valence-electron chi connectivity index (χ1n) is 9.62. The van der Waals surface area contributed by atoms with Crippen LogP contribution >= 0.6 is 23.7 Å². The number of fused-ring (bicyclic) bond motifs is 4. The molecule has 3 saturated heterocycles. The lowest BCUT2D eigenvalue weighted by molar-refractivity contribution is -0.0377. The highest BCUT2D eigenvalue weighted by molar-refractivity contribution is 7.20. The molecule has 0 unspecified atom stereocenters. The molecule has 26 heavy (non-hydrogen) atoms. The van der Waals surface area contributed by atoms with Crippen LogP contribution in [0.15, 0.2) is 24.3 Å². The summed E-state index contributed by atoms with van der Waals surface area (Å²) in [5.74, 6) is 1.50. The maximum absolute atomic E-state index is 13.0. The topological polar surface area (TPSA) is 32.3 Å². The highest BCUT2D eigenvalue weighted by atomic mass is 35.5. The third-order valence-electron chi connectivity index (χ3n) is 6.69. The number of carbonyl (C=O) groups excluding carboxylic acids is 1. The average Bonchev–Trinajstić information content (AvgIpc) is 3.36. The molecule has 0 radical (unpaired) electrons. The molecule has 3 nitrogen and oxygen atoms in total. The number of halogens is 1. The van der Waals surface area contributed by atoms with Gasteiger partial charge in [-0.05, 0) is 87.5 Å². The van der Waals surface area contributed by atoms with Crippen molar-refractivity contribution in [3.8, 4) is 0 Å². The molecule has 140 valence electrons. The number of amides is 1. The lowest BCUT2D eigenvalue weighted by atomic mass is 9.72. The monoisotopic (exact) mass is 390 g/mol. The van der Waals surface area contributed by atoms with Crippen LogP contribution in [0.25, 0.3) is 10.1 Å². The number of nitrogens with one attached hydrogen (secondary N) is 1. The molecule has 1 aliphatic carbocycles. The minimum atomic E-state index is 0. The summed E-state index contributed by atoms with van der Waals surface area (Å²) in [6.07, 6.45) is 5.06. The molecule has 4 fully saturated rings. The van der Waals surface area contributed by atoms with Crippen molar-refractivity contribution >= 4 is 39.7 Å². The molecule has 4 heterocycles.